The molecule has 1 N–H and O–H groups in total. The number of benzene rings is 2. The summed E-state index contributed by atoms with van der Waals surface area (Å²) in [7, 11) is 0. The van der Waals surface area contributed by atoms with Gasteiger partial charge in [0, 0.05) is 27.5 Å². The maximum atomic E-state index is 14.3. The molecule has 0 aliphatic heterocycles. The van der Waals surface area contributed by atoms with Crippen LogP contribution in [0.5, 0.6) is 0 Å². The average Bonchev–Trinajstić information content (AvgIpc) is 3.04. The Morgan fingerprint density at radius 2 is 2.17 bits per heavy atom. The van der Waals surface area contributed by atoms with Crippen molar-refractivity contribution < 1.29 is 13.9 Å². The van der Waals surface area contributed by atoms with E-state index in [1.165, 1.54) is 6.07 Å². The summed E-state index contributed by atoms with van der Waals surface area (Å²) in [4.78, 5) is 12.5. The number of hydrogen-bond acceptors (Lipinski definition) is 3. The summed E-state index contributed by atoms with van der Waals surface area (Å²) < 4.78 is 20.3. The Balaban J connectivity index is 2.06. The molecule has 0 radical (unpaired) electrons. The predicted molar refractivity (Wildman–Crippen MR) is 98.8 cm³/mol. The Morgan fingerprint density at radius 1 is 1.33 bits per heavy atom. The van der Waals surface area contributed by atoms with E-state index in [1.807, 2.05) is 19.1 Å². The maximum absolute atomic E-state index is 14.3. The van der Waals surface area contributed by atoms with E-state index in [-0.39, 0.29) is 18.2 Å². The molecule has 0 aliphatic rings. The van der Waals surface area contributed by atoms with Crippen molar-refractivity contribution in [2.24, 2.45) is 0 Å². The molecule has 0 fully saturated rings. The fourth-order valence-electron chi connectivity index (χ4n) is 2.66. The molecule has 0 saturated heterocycles. The van der Waals surface area contributed by atoms with Gasteiger partial charge in [-0.3, -0.25) is 9.89 Å². The highest BCUT2D eigenvalue weighted by Gasteiger charge is 2.17. The van der Waals surface area contributed by atoms with E-state index in [0.29, 0.717) is 24.2 Å². The lowest BCUT2D eigenvalue weighted by atomic mass is 9.94. The highest BCUT2D eigenvalue weighted by molar-refractivity contribution is 14.1. The Hall–Kier alpha value is -1.80. The van der Waals surface area contributed by atoms with Gasteiger partial charge in [0.15, 0.2) is 5.78 Å². The highest BCUT2D eigenvalue weighted by atomic mass is 127. The van der Waals surface area contributed by atoms with Gasteiger partial charge in [-0.05, 0) is 64.9 Å². The van der Waals surface area contributed by atoms with Gasteiger partial charge in [-0.1, -0.05) is 6.07 Å². The first-order valence-corrected chi connectivity index (χ1v) is 8.68. The topological polar surface area (TPSA) is 55.0 Å². The van der Waals surface area contributed by atoms with Crippen molar-refractivity contribution in [3.05, 3.63) is 62.6 Å². The Morgan fingerprint density at radius 3 is 2.92 bits per heavy atom. The third-order valence-corrected chi connectivity index (χ3v) is 4.53. The molecule has 1 aromatic heterocycles. The predicted octanol–water partition coefficient (Wildman–Crippen LogP) is 4.12. The summed E-state index contributed by atoms with van der Waals surface area (Å²) in [5.74, 6) is -0.383. The summed E-state index contributed by atoms with van der Waals surface area (Å²) in [6.45, 7) is 2.33. The van der Waals surface area contributed by atoms with E-state index >= 15 is 0 Å². The smallest absolute Gasteiger partial charge is 0.188 e. The molecule has 24 heavy (non-hydrogen) atoms. The van der Waals surface area contributed by atoms with E-state index in [1.54, 1.807) is 18.3 Å². The van der Waals surface area contributed by atoms with E-state index < -0.39 is 0 Å². The van der Waals surface area contributed by atoms with Crippen LogP contribution < -0.4 is 0 Å². The van der Waals surface area contributed by atoms with Gasteiger partial charge in [0.2, 0.25) is 0 Å². The first kappa shape index (κ1) is 17.0. The number of carbonyl (C=O) groups is 1. The summed E-state index contributed by atoms with van der Waals surface area (Å²) in [5, 5.41) is 7.76. The molecule has 4 nitrogen and oxygen atoms in total. The summed E-state index contributed by atoms with van der Waals surface area (Å²) in [6.07, 6.45) is 2.00. The largest absolute Gasteiger partial charge is 0.374 e. The van der Waals surface area contributed by atoms with Gasteiger partial charge in [-0.25, -0.2) is 4.39 Å². The molecule has 0 saturated carbocycles. The lowest BCUT2D eigenvalue weighted by Crippen LogP contribution is -2.12. The minimum absolute atomic E-state index is 0.0159. The lowest BCUT2D eigenvalue weighted by Gasteiger charge is -2.11. The van der Waals surface area contributed by atoms with E-state index in [2.05, 4.69) is 32.8 Å². The maximum Gasteiger partial charge on any atom is 0.188 e. The van der Waals surface area contributed by atoms with Crippen molar-refractivity contribution in [1.82, 2.24) is 10.2 Å². The molecule has 3 rings (SSSR count). The number of ether oxygens (including phenoxy) is 1. The first-order chi connectivity index (χ1) is 11.6. The fraction of sp³-hybridized carbons (Fsp3) is 0.222. The molecule has 1 heterocycles. The summed E-state index contributed by atoms with van der Waals surface area (Å²) >= 11 is 2.07. The van der Waals surface area contributed by atoms with Crippen molar-refractivity contribution in [1.29, 1.82) is 0 Å². The molecule has 3 aromatic rings. The number of rotatable bonds is 6. The third kappa shape index (κ3) is 3.49. The number of nitrogens with one attached hydrogen (secondary N) is 1. The minimum atomic E-state index is -0.273. The van der Waals surface area contributed by atoms with Crippen molar-refractivity contribution in [2.45, 2.75) is 13.3 Å². The molecular formula is C18H16FIN2O2. The van der Waals surface area contributed by atoms with Crippen LogP contribution in [0.15, 0.2) is 36.5 Å². The van der Waals surface area contributed by atoms with Crippen molar-refractivity contribution in [3.8, 4) is 0 Å². The molecule has 0 spiro atoms. The average molecular weight is 438 g/mol. The number of fused-ring (bicyclic) bond motifs is 1. The lowest BCUT2D eigenvalue weighted by molar-refractivity contribution is 0.0782. The van der Waals surface area contributed by atoms with E-state index in [9.17, 15) is 9.18 Å². The van der Waals surface area contributed by atoms with E-state index in [0.717, 1.165) is 20.0 Å². The van der Waals surface area contributed by atoms with Crippen LogP contribution in [-0.2, 0) is 11.2 Å². The Labute approximate surface area is 152 Å². The fourth-order valence-corrected chi connectivity index (χ4v) is 3.11. The van der Waals surface area contributed by atoms with Crippen molar-refractivity contribution >= 4 is 39.3 Å². The zero-order valence-corrected chi connectivity index (χ0v) is 15.3. The first-order valence-electron chi connectivity index (χ1n) is 7.60. The number of aromatic amines is 1. The number of ketones is 1. The second-order valence-corrected chi connectivity index (χ2v) is 6.64. The van der Waals surface area contributed by atoms with Gasteiger partial charge in [0.1, 0.15) is 12.4 Å². The molecular weight excluding hydrogens is 422 g/mol. The van der Waals surface area contributed by atoms with E-state index in [4.69, 9.17) is 4.74 Å². The van der Waals surface area contributed by atoms with Gasteiger partial charge in [0.25, 0.3) is 0 Å². The van der Waals surface area contributed by atoms with Crippen molar-refractivity contribution in [2.75, 3.05) is 13.2 Å². The third-order valence-electron chi connectivity index (χ3n) is 3.86. The molecule has 124 valence electrons. The minimum Gasteiger partial charge on any atom is -0.374 e. The molecule has 2 aromatic carbocycles. The number of aromatic nitrogens is 2. The van der Waals surface area contributed by atoms with Crippen LogP contribution >= 0.6 is 22.6 Å². The van der Waals surface area contributed by atoms with Gasteiger partial charge in [-0.2, -0.15) is 5.10 Å². The van der Waals surface area contributed by atoms with Gasteiger partial charge in [0.05, 0.1) is 11.7 Å². The second-order valence-electron chi connectivity index (χ2n) is 5.40. The van der Waals surface area contributed by atoms with Crippen LogP contribution in [0.4, 0.5) is 4.39 Å². The van der Waals surface area contributed by atoms with Gasteiger partial charge < -0.3 is 4.74 Å². The SMILES string of the molecule is CCOCC(=O)c1ccc2[nH]ncc2c1Cc1ccc(I)cc1F. The summed E-state index contributed by atoms with van der Waals surface area (Å²) in [5.41, 5.74) is 2.69. The second kappa shape index (κ2) is 7.40. The highest BCUT2D eigenvalue weighted by Crippen LogP contribution is 2.26. The van der Waals surface area contributed by atoms with Gasteiger partial charge in [-0.15, -0.1) is 0 Å². The van der Waals surface area contributed by atoms with Crippen LogP contribution in [-0.4, -0.2) is 29.2 Å². The summed E-state index contributed by atoms with van der Waals surface area (Å²) in [6, 6.07) is 8.67. The standard InChI is InChI=1S/C18H16FIN2O2/c1-2-24-10-18(23)13-5-6-17-15(9-21-22-17)14(13)7-11-3-4-12(20)8-16(11)19/h3-6,8-9H,2,7,10H2,1H3,(H,21,22). The normalized spacial score (nSPS) is 11.1. The van der Waals surface area contributed by atoms with Gasteiger partial charge >= 0.3 is 0 Å². The van der Waals surface area contributed by atoms with Crippen molar-refractivity contribution in [3.63, 3.8) is 0 Å². The molecule has 0 unspecified atom stereocenters. The molecule has 0 amide bonds. The number of nitrogens with zero attached hydrogens (tertiary/aromatic N) is 1. The number of H-pyrrole nitrogens is 1. The zero-order valence-electron chi connectivity index (χ0n) is 13.1. The Bertz CT molecular complexity index is 892. The molecule has 6 heteroatoms. The number of Topliss-reactive ketones (excluding diaryl/α,β-unsaturated/α-hetero) is 1. The molecule has 0 bridgehead atoms. The quantitative estimate of drug-likeness (QED) is 0.466. The number of halogens is 2. The molecule has 0 aliphatic carbocycles. The molecule has 0 atom stereocenters. The van der Waals surface area contributed by atoms with Crippen LogP contribution in [0.1, 0.15) is 28.4 Å². The number of hydrogen-bond donors (Lipinski definition) is 1. The van der Waals surface area contributed by atoms with Crippen LogP contribution in [0.3, 0.4) is 0 Å². The van der Waals surface area contributed by atoms with Crippen LogP contribution in [0.2, 0.25) is 0 Å². The zero-order chi connectivity index (χ0) is 17.1. The number of carbonyl (C=O) groups excluding carboxylic acids is 1. The Kier molecular flexibility index (Phi) is 5.25. The van der Waals surface area contributed by atoms with Crippen LogP contribution in [0.25, 0.3) is 10.9 Å². The van der Waals surface area contributed by atoms with Crippen LogP contribution in [0, 0.1) is 9.39 Å². The monoisotopic (exact) mass is 438 g/mol.